The van der Waals surface area contributed by atoms with Crippen molar-refractivity contribution < 1.29 is 4.79 Å². The lowest BCUT2D eigenvalue weighted by Gasteiger charge is -2.07. The van der Waals surface area contributed by atoms with Crippen molar-refractivity contribution in [3.8, 4) is 0 Å². The summed E-state index contributed by atoms with van der Waals surface area (Å²) in [6.45, 7) is 8.54. The zero-order valence-electron chi connectivity index (χ0n) is 9.16. The van der Waals surface area contributed by atoms with E-state index in [1.54, 1.807) is 0 Å². The Kier molecular flexibility index (Phi) is 3.28. The molecular formula is C10H17N3O. The largest absolute Gasteiger partial charge is 0.342 e. The summed E-state index contributed by atoms with van der Waals surface area (Å²) in [4.78, 5) is 11.6. The van der Waals surface area contributed by atoms with Crippen molar-refractivity contribution in [3.63, 3.8) is 0 Å². The molecule has 0 atom stereocenters. The summed E-state index contributed by atoms with van der Waals surface area (Å²) in [5.41, 5.74) is 1.73. The highest BCUT2D eigenvalue weighted by atomic mass is 16.2. The standard InChI is InChI=1S/C10H17N3O/c1-7(2)6-11-10(14)13-9(4)5-8(3)12-13/h5,7H,6H2,1-4H3,(H,11,14). The van der Waals surface area contributed by atoms with E-state index >= 15 is 0 Å². The fourth-order valence-corrected chi connectivity index (χ4v) is 1.20. The highest BCUT2D eigenvalue weighted by Crippen LogP contribution is 2.00. The molecule has 0 aromatic carbocycles. The van der Waals surface area contributed by atoms with Gasteiger partial charge in [0, 0.05) is 12.2 Å². The van der Waals surface area contributed by atoms with Crippen molar-refractivity contribution in [2.45, 2.75) is 27.7 Å². The van der Waals surface area contributed by atoms with Crippen molar-refractivity contribution in [3.05, 3.63) is 17.5 Å². The van der Waals surface area contributed by atoms with Crippen LogP contribution < -0.4 is 5.32 Å². The first-order valence-corrected chi connectivity index (χ1v) is 4.82. The van der Waals surface area contributed by atoms with Gasteiger partial charge in [0.05, 0.1) is 5.69 Å². The monoisotopic (exact) mass is 195 g/mol. The van der Waals surface area contributed by atoms with Gasteiger partial charge in [-0.1, -0.05) is 13.8 Å². The molecule has 14 heavy (non-hydrogen) atoms. The maximum absolute atomic E-state index is 11.6. The second-order valence-electron chi connectivity index (χ2n) is 3.92. The van der Waals surface area contributed by atoms with Crippen LogP contribution in [0, 0.1) is 19.8 Å². The summed E-state index contributed by atoms with van der Waals surface area (Å²) in [7, 11) is 0. The van der Waals surface area contributed by atoms with Gasteiger partial charge in [0.2, 0.25) is 0 Å². The highest BCUT2D eigenvalue weighted by Gasteiger charge is 2.09. The predicted octanol–water partition coefficient (Wildman–Crippen LogP) is 1.71. The van der Waals surface area contributed by atoms with Crippen LogP contribution in [0.5, 0.6) is 0 Å². The average molecular weight is 195 g/mol. The molecule has 1 heterocycles. The molecule has 1 N–H and O–H groups in total. The summed E-state index contributed by atoms with van der Waals surface area (Å²) in [6, 6.07) is 1.74. The predicted molar refractivity (Wildman–Crippen MR) is 55.3 cm³/mol. The maximum Gasteiger partial charge on any atom is 0.342 e. The third-order valence-electron chi connectivity index (χ3n) is 1.86. The minimum Gasteiger partial charge on any atom is -0.336 e. The van der Waals surface area contributed by atoms with Gasteiger partial charge in [0.15, 0.2) is 0 Å². The second kappa shape index (κ2) is 4.26. The molecule has 1 rings (SSSR count). The van der Waals surface area contributed by atoms with E-state index in [1.807, 2.05) is 19.9 Å². The number of carbonyl (C=O) groups excluding carboxylic acids is 1. The fraction of sp³-hybridized carbons (Fsp3) is 0.600. The first-order valence-electron chi connectivity index (χ1n) is 4.82. The lowest BCUT2D eigenvalue weighted by atomic mass is 10.2. The molecular weight excluding hydrogens is 178 g/mol. The van der Waals surface area contributed by atoms with Gasteiger partial charge in [-0.15, -0.1) is 0 Å². The maximum atomic E-state index is 11.6. The van der Waals surface area contributed by atoms with Crippen LogP contribution in [0.4, 0.5) is 4.79 Å². The Hall–Kier alpha value is -1.32. The summed E-state index contributed by atoms with van der Waals surface area (Å²) in [5, 5.41) is 6.91. The van der Waals surface area contributed by atoms with Crippen LogP contribution in [0.15, 0.2) is 6.07 Å². The van der Waals surface area contributed by atoms with E-state index in [0.29, 0.717) is 12.5 Å². The van der Waals surface area contributed by atoms with E-state index in [1.165, 1.54) is 4.68 Å². The minimum atomic E-state index is -0.149. The van der Waals surface area contributed by atoms with Gasteiger partial charge in [-0.25, -0.2) is 4.79 Å². The van der Waals surface area contributed by atoms with Gasteiger partial charge < -0.3 is 5.32 Å². The molecule has 0 bridgehead atoms. The van der Waals surface area contributed by atoms with Gasteiger partial charge in [-0.05, 0) is 25.8 Å². The first-order chi connectivity index (χ1) is 6.50. The molecule has 1 amide bonds. The van der Waals surface area contributed by atoms with Crippen molar-refractivity contribution >= 4 is 6.03 Å². The average Bonchev–Trinajstić information content (AvgIpc) is 2.41. The molecule has 4 heteroatoms. The number of hydrogen-bond donors (Lipinski definition) is 1. The molecule has 0 aliphatic carbocycles. The third kappa shape index (κ3) is 2.58. The van der Waals surface area contributed by atoms with E-state index < -0.39 is 0 Å². The summed E-state index contributed by atoms with van der Waals surface area (Å²) >= 11 is 0. The summed E-state index contributed by atoms with van der Waals surface area (Å²) in [6.07, 6.45) is 0. The second-order valence-corrected chi connectivity index (χ2v) is 3.92. The van der Waals surface area contributed by atoms with Crippen molar-refractivity contribution in [1.29, 1.82) is 0 Å². The number of hydrogen-bond acceptors (Lipinski definition) is 2. The van der Waals surface area contributed by atoms with Gasteiger partial charge in [0.25, 0.3) is 0 Å². The molecule has 4 nitrogen and oxygen atoms in total. The lowest BCUT2D eigenvalue weighted by Crippen LogP contribution is -2.32. The minimum absolute atomic E-state index is 0.149. The fourth-order valence-electron chi connectivity index (χ4n) is 1.20. The molecule has 0 radical (unpaired) electrons. The number of aromatic nitrogens is 2. The Morgan fingerprint density at radius 1 is 1.57 bits per heavy atom. The zero-order chi connectivity index (χ0) is 10.7. The van der Waals surface area contributed by atoms with Crippen LogP contribution in [-0.4, -0.2) is 22.4 Å². The van der Waals surface area contributed by atoms with E-state index in [4.69, 9.17) is 0 Å². The Bertz CT molecular complexity index is 328. The normalized spacial score (nSPS) is 10.6. The van der Waals surface area contributed by atoms with Crippen LogP contribution in [-0.2, 0) is 0 Å². The Morgan fingerprint density at radius 3 is 2.64 bits per heavy atom. The van der Waals surface area contributed by atoms with Crippen molar-refractivity contribution in [2.24, 2.45) is 5.92 Å². The van der Waals surface area contributed by atoms with E-state index in [2.05, 4.69) is 24.3 Å². The number of carbonyl (C=O) groups is 1. The van der Waals surface area contributed by atoms with Crippen LogP contribution in [0.3, 0.4) is 0 Å². The first kappa shape index (κ1) is 10.8. The van der Waals surface area contributed by atoms with Crippen LogP contribution >= 0.6 is 0 Å². The quantitative estimate of drug-likeness (QED) is 0.781. The van der Waals surface area contributed by atoms with Gasteiger partial charge >= 0.3 is 6.03 Å². The molecule has 0 fully saturated rings. The molecule has 1 aromatic heterocycles. The van der Waals surface area contributed by atoms with Crippen molar-refractivity contribution in [1.82, 2.24) is 15.1 Å². The summed E-state index contributed by atoms with van der Waals surface area (Å²) < 4.78 is 1.40. The molecule has 0 unspecified atom stereocenters. The van der Waals surface area contributed by atoms with E-state index in [-0.39, 0.29) is 6.03 Å². The van der Waals surface area contributed by atoms with Crippen LogP contribution in [0.2, 0.25) is 0 Å². The highest BCUT2D eigenvalue weighted by molar-refractivity contribution is 5.76. The van der Waals surface area contributed by atoms with Gasteiger partial charge in [0.1, 0.15) is 0 Å². The number of rotatable bonds is 2. The smallest absolute Gasteiger partial charge is 0.336 e. The Labute approximate surface area is 84.3 Å². The summed E-state index contributed by atoms with van der Waals surface area (Å²) in [5.74, 6) is 0.455. The topological polar surface area (TPSA) is 46.9 Å². The van der Waals surface area contributed by atoms with E-state index in [9.17, 15) is 4.79 Å². The zero-order valence-corrected chi connectivity index (χ0v) is 9.16. The number of amides is 1. The number of nitrogens with one attached hydrogen (secondary N) is 1. The van der Waals surface area contributed by atoms with Crippen LogP contribution in [0.25, 0.3) is 0 Å². The van der Waals surface area contributed by atoms with E-state index in [0.717, 1.165) is 11.4 Å². The number of aryl methyl sites for hydroxylation is 2. The Balaban J connectivity index is 2.65. The molecule has 0 saturated heterocycles. The van der Waals surface area contributed by atoms with Crippen molar-refractivity contribution in [2.75, 3.05) is 6.54 Å². The Morgan fingerprint density at radius 2 is 2.21 bits per heavy atom. The van der Waals surface area contributed by atoms with Gasteiger partial charge in [-0.3, -0.25) is 0 Å². The molecule has 0 aliphatic rings. The third-order valence-corrected chi connectivity index (χ3v) is 1.86. The molecule has 1 aromatic rings. The van der Waals surface area contributed by atoms with Gasteiger partial charge in [-0.2, -0.15) is 9.78 Å². The molecule has 0 aliphatic heterocycles. The van der Waals surface area contributed by atoms with Crippen LogP contribution in [0.1, 0.15) is 25.2 Å². The lowest BCUT2D eigenvalue weighted by molar-refractivity contribution is 0.237. The SMILES string of the molecule is Cc1cc(C)n(C(=O)NCC(C)C)n1. The molecule has 0 spiro atoms. The molecule has 78 valence electrons. The molecule has 0 saturated carbocycles. The number of nitrogens with zero attached hydrogens (tertiary/aromatic N) is 2.